The molecule has 2 saturated carbocycles. The summed E-state index contributed by atoms with van der Waals surface area (Å²) in [5, 5.41) is 0. The lowest BCUT2D eigenvalue weighted by atomic mass is 9.83. The van der Waals surface area contributed by atoms with E-state index in [2.05, 4.69) is 11.8 Å². The maximum atomic E-state index is 12.4. The Bertz CT molecular complexity index is 295. The first-order valence-electron chi connectivity index (χ1n) is 7.58. The Hall–Kier alpha value is -0.530. The first kappa shape index (κ1) is 11.6. The van der Waals surface area contributed by atoms with Crippen molar-refractivity contribution in [2.75, 3.05) is 6.54 Å². The Morgan fingerprint density at radius 1 is 1.06 bits per heavy atom. The molecule has 3 rings (SSSR count). The number of rotatable bonds is 2. The van der Waals surface area contributed by atoms with Crippen LogP contribution < -0.4 is 0 Å². The highest BCUT2D eigenvalue weighted by atomic mass is 16.2. The molecule has 1 heterocycles. The molecule has 2 aliphatic carbocycles. The van der Waals surface area contributed by atoms with Crippen molar-refractivity contribution >= 4 is 5.91 Å². The Kier molecular flexibility index (Phi) is 3.14. The number of amides is 1. The van der Waals surface area contributed by atoms with Crippen LogP contribution >= 0.6 is 0 Å². The predicted molar refractivity (Wildman–Crippen MR) is 68.6 cm³/mol. The minimum Gasteiger partial charge on any atom is -0.339 e. The van der Waals surface area contributed by atoms with Gasteiger partial charge in [0.1, 0.15) is 0 Å². The van der Waals surface area contributed by atoms with E-state index in [9.17, 15) is 4.79 Å². The fourth-order valence-corrected chi connectivity index (χ4v) is 3.95. The van der Waals surface area contributed by atoms with Gasteiger partial charge < -0.3 is 4.90 Å². The van der Waals surface area contributed by atoms with Gasteiger partial charge >= 0.3 is 0 Å². The third kappa shape index (κ3) is 2.23. The zero-order valence-electron chi connectivity index (χ0n) is 11.0. The second-order valence-electron chi connectivity index (χ2n) is 6.46. The van der Waals surface area contributed by atoms with Crippen LogP contribution in [0.1, 0.15) is 58.3 Å². The van der Waals surface area contributed by atoms with E-state index in [4.69, 9.17) is 0 Å². The van der Waals surface area contributed by atoms with Crippen molar-refractivity contribution in [1.82, 2.24) is 4.90 Å². The molecule has 2 nitrogen and oxygen atoms in total. The summed E-state index contributed by atoms with van der Waals surface area (Å²) in [6.07, 6.45) is 10.6. The zero-order chi connectivity index (χ0) is 11.8. The Morgan fingerprint density at radius 2 is 1.76 bits per heavy atom. The van der Waals surface area contributed by atoms with Gasteiger partial charge in [0.2, 0.25) is 5.91 Å². The van der Waals surface area contributed by atoms with Gasteiger partial charge in [-0.2, -0.15) is 0 Å². The normalized spacial score (nSPS) is 38.4. The SMILES string of the molecule is CC1CC1C(=O)N1CCCC1C1CCCCC1. The van der Waals surface area contributed by atoms with Crippen LogP contribution in [0.5, 0.6) is 0 Å². The Balaban J connectivity index is 1.64. The van der Waals surface area contributed by atoms with Gasteiger partial charge in [-0.05, 0) is 43.9 Å². The second-order valence-corrected chi connectivity index (χ2v) is 6.46. The number of hydrogen-bond acceptors (Lipinski definition) is 1. The molecular formula is C15H25NO. The van der Waals surface area contributed by atoms with Crippen LogP contribution in [0.3, 0.4) is 0 Å². The van der Waals surface area contributed by atoms with Gasteiger partial charge in [-0.3, -0.25) is 4.79 Å². The number of likely N-dealkylation sites (tertiary alicyclic amines) is 1. The van der Waals surface area contributed by atoms with Crippen LogP contribution in [0.15, 0.2) is 0 Å². The molecule has 17 heavy (non-hydrogen) atoms. The molecular weight excluding hydrogens is 210 g/mol. The first-order chi connectivity index (χ1) is 8.27. The monoisotopic (exact) mass is 235 g/mol. The van der Waals surface area contributed by atoms with Crippen LogP contribution in [0.4, 0.5) is 0 Å². The summed E-state index contributed by atoms with van der Waals surface area (Å²) in [5.41, 5.74) is 0. The number of hydrogen-bond donors (Lipinski definition) is 0. The molecule has 3 atom stereocenters. The highest BCUT2D eigenvalue weighted by molar-refractivity contribution is 5.82. The van der Waals surface area contributed by atoms with Crippen LogP contribution in [0.25, 0.3) is 0 Å². The molecule has 1 aliphatic heterocycles. The average molecular weight is 235 g/mol. The molecule has 3 unspecified atom stereocenters. The van der Waals surface area contributed by atoms with Gasteiger partial charge in [-0.15, -0.1) is 0 Å². The average Bonchev–Trinajstić information content (AvgIpc) is 2.92. The minimum atomic E-state index is 0.388. The van der Waals surface area contributed by atoms with Gasteiger partial charge in [0, 0.05) is 18.5 Å². The zero-order valence-corrected chi connectivity index (χ0v) is 11.0. The summed E-state index contributed by atoms with van der Waals surface area (Å²) >= 11 is 0. The quantitative estimate of drug-likeness (QED) is 0.719. The van der Waals surface area contributed by atoms with Crippen LogP contribution in [-0.2, 0) is 4.79 Å². The third-order valence-electron chi connectivity index (χ3n) is 5.20. The molecule has 0 aromatic carbocycles. The molecule has 2 heteroatoms. The third-order valence-corrected chi connectivity index (χ3v) is 5.20. The maximum Gasteiger partial charge on any atom is 0.226 e. The molecule has 0 radical (unpaired) electrons. The summed E-state index contributed by atoms with van der Waals surface area (Å²) in [6.45, 7) is 3.26. The van der Waals surface area contributed by atoms with Crippen molar-refractivity contribution in [2.24, 2.45) is 17.8 Å². The molecule has 0 bridgehead atoms. The van der Waals surface area contributed by atoms with E-state index in [1.807, 2.05) is 0 Å². The van der Waals surface area contributed by atoms with Crippen molar-refractivity contribution in [3.8, 4) is 0 Å². The molecule has 0 aromatic rings. The van der Waals surface area contributed by atoms with Gasteiger partial charge in [0.05, 0.1) is 0 Å². The van der Waals surface area contributed by atoms with Crippen molar-refractivity contribution in [3.05, 3.63) is 0 Å². The number of carbonyl (C=O) groups is 1. The van der Waals surface area contributed by atoms with Gasteiger partial charge in [-0.25, -0.2) is 0 Å². The molecule has 3 aliphatic rings. The van der Waals surface area contributed by atoms with Gasteiger partial charge in [-0.1, -0.05) is 26.2 Å². The minimum absolute atomic E-state index is 0.388. The lowest BCUT2D eigenvalue weighted by Crippen LogP contribution is -2.41. The van der Waals surface area contributed by atoms with Crippen molar-refractivity contribution in [3.63, 3.8) is 0 Å². The maximum absolute atomic E-state index is 12.4. The van der Waals surface area contributed by atoms with E-state index in [0.717, 1.165) is 18.9 Å². The van der Waals surface area contributed by atoms with Crippen LogP contribution in [0.2, 0.25) is 0 Å². The molecule has 1 amide bonds. The van der Waals surface area contributed by atoms with E-state index in [-0.39, 0.29) is 0 Å². The largest absolute Gasteiger partial charge is 0.339 e. The lowest BCUT2D eigenvalue weighted by Gasteiger charge is -2.34. The Labute approximate surface area is 105 Å². The Morgan fingerprint density at radius 3 is 2.41 bits per heavy atom. The molecule has 0 aromatic heterocycles. The summed E-state index contributed by atoms with van der Waals surface area (Å²) in [4.78, 5) is 14.7. The topological polar surface area (TPSA) is 20.3 Å². The molecule has 3 fully saturated rings. The van der Waals surface area contributed by atoms with Crippen molar-refractivity contribution in [1.29, 1.82) is 0 Å². The fraction of sp³-hybridized carbons (Fsp3) is 0.933. The summed E-state index contributed by atoms with van der Waals surface area (Å²) in [7, 11) is 0. The molecule has 96 valence electrons. The van der Waals surface area contributed by atoms with Crippen LogP contribution in [0, 0.1) is 17.8 Å². The molecule has 0 spiro atoms. The van der Waals surface area contributed by atoms with E-state index >= 15 is 0 Å². The summed E-state index contributed by atoms with van der Waals surface area (Å²) in [5.74, 6) is 2.36. The smallest absolute Gasteiger partial charge is 0.226 e. The molecule has 1 saturated heterocycles. The van der Waals surface area contributed by atoms with Crippen molar-refractivity contribution in [2.45, 2.75) is 64.3 Å². The first-order valence-corrected chi connectivity index (χ1v) is 7.58. The lowest BCUT2D eigenvalue weighted by molar-refractivity contribution is -0.134. The van der Waals surface area contributed by atoms with Crippen LogP contribution in [-0.4, -0.2) is 23.4 Å². The van der Waals surface area contributed by atoms with Gasteiger partial charge in [0.25, 0.3) is 0 Å². The van der Waals surface area contributed by atoms with Crippen molar-refractivity contribution < 1.29 is 4.79 Å². The molecule has 0 N–H and O–H groups in total. The summed E-state index contributed by atoms with van der Waals surface area (Å²) < 4.78 is 0. The second kappa shape index (κ2) is 4.62. The standard InChI is InChI=1S/C15H25NO/c1-11-10-13(11)15(17)16-9-5-8-14(16)12-6-3-2-4-7-12/h11-14H,2-10H2,1H3. The fourth-order valence-electron chi connectivity index (χ4n) is 3.95. The summed E-state index contributed by atoms with van der Waals surface area (Å²) in [6, 6.07) is 0.607. The van der Waals surface area contributed by atoms with E-state index in [1.165, 1.54) is 44.9 Å². The van der Waals surface area contributed by atoms with E-state index in [1.54, 1.807) is 0 Å². The van der Waals surface area contributed by atoms with E-state index in [0.29, 0.717) is 23.8 Å². The predicted octanol–water partition coefficient (Wildman–Crippen LogP) is 3.21. The highest BCUT2D eigenvalue weighted by Gasteiger charge is 2.45. The van der Waals surface area contributed by atoms with Gasteiger partial charge in [0.15, 0.2) is 0 Å². The number of nitrogens with zero attached hydrogens (tertiary/aromatic N) is 1. The highest BCUT2D eigenvalue weighted by Crippen LogP contribution is 2.42. The number of carbonyl (C=O) groups excluding carboxylic acids is 1. The van der Waals surface area contributed by atoms with E-state index < -0.39 is 0 Å².